The topological polar surface area (TPSA) is 111 Å². The van der Waals surface area contributed by atoms with E-state index in [0.29, 0.717) is 27.1 Å². The van der Waals surface area contributed by atoms with Gasteiger partial charge in [0.05, 0.1) is 39.6 Å². The van der Waals surface area contributed by atoms with Crippen molar-refractivity contribution in [3.63, 3.8) is 0 Å². The number of hydrogen-bond acceptors (Lipinski definition) is 12. The zero-order valence-corrected chi connectivity index (χ0v) is 23.8. The minimum Gasteiger partial charge on any atom is -0.493 e. The van der Waals surface area contributed by atoms with Gasteiger partial charge in [-0.15, -0.1) is 0 Å². The molecule has 13 heteroatoms. The molecule has 208 valence electrons. The van der Waals surface area contributed by atoms with E-state index in [4.69, 9.17) is 56.8 Å². The fourth-order valence-corrected chi connectivity index (χ4v) is 4.05. The highest BCUT2D eigenvalue weighted by atomic mass is 79.9. The molecule has 2 aromatic carbocycles. The first-order valence-corrected chi connectivity index (χ1v) is 11.5. The van der Waals surface area contributed by atoms with Gasteiger partial charge >= 0.3 is 0 Å². The van der Waals surface area contributed by atoms with Gasteiger partial charge in [0.1, 0.15) is 4.47 Å². The Morgan fingerprint density at radius 2 is 0.919 bits per heavy atom. The van der Waals surface area contributed by atoms with Crippen LogP contribution in [0.5, 0.6) is 46.0 Å². The maximum atomic E-state index is 6.01. The van der Waals surface area contributed by atoms with Crippen LogP contribution < -0.4 is 37.9 Å². The van der Waals surface area contributed by atoms with Crippen LogP contribution in [0.4, 0.5) is 0 Å². The summed E-state index contributed by atoms with van der Waals surface area (Å²) in [5.41, 5.74) is 0.663. The van der Waals surface area contributed by atoms with Gasteiger partial charge in [-0.25, -0.2) is 0 Å². The summed E-state index contributed by atoms with van der Waals surface area (Å²) in [5.74, 6) is 2.11. The summed E-state index contributed by atoms with van der Waals surface area (Å²) >= 11 is 3.53. The number of halogens is 1. The summed E-state index contributed by atoms with van der Waals surface area (Å²) < 4.78 is 67.7. The Hall–Kier alpha value is -2.84. The number of hydrogen-bond donors (Lipinski definition) is 0. The van der Waals surface area contributed by atoms with Crippen molar-refractivity contribution in [2.75, 3.05) is 84.1 Å². The first kappa shape index (κ1) is 30.4. The lowest BCUT2D eigenvalue weighted by Crippen LogP contribution is -2.10. The molecule has 0 atom stereocenters. The summed E-state index contributed by atoms with van der Waals surface area (Å²) in [6, 6.07) is 1.60. The predicted octanol–water partition coefficient (Wildman–Crippen LogP) is 4.08. The Bertz CT molecular complexity index is 1010. The number of methoxy groups -OCH3 is 8. The molecule has 0 spiro atoms. The summed E-state index contributed by atoms with van der Waals surface area (Å²) in [6.07, 6.45) is 0. The molecule has 0 aliphatic heterocycles. The molecule has 0 amide bonds. The van der Waals surface area contributed by atoms with Crippen LogP contribution in [0.2, 0.25) is 0 Å². The van der Waals surface area contributed by atoms with Crippen LogP contribution in [-0.2, 0) is 18.9 Å². The smallest absolute Gasteiger partial charge is 0.188 e. The Balaban J connectivity index is 3.16. The third kappa shape index (κ3) is 6.73. The molecule has 0 aliphatic carbocycles. The van der Waals surface area contributed by atoms with Crippen molar-refractivity contribution in [3.05, 3.63) is 10.5 Å². The fraction of sp³-hybridized carbons (Fsp3) is 0.500. The van der Waals surface area contributed by atoms with Gasteiger partial charge in [0.15, 0.2) is 73.2 Å². The Morgan fingerprint density at radius 3 is 1.41 bits per heavy atom. The van der Waals surface area contributed by atoms with Crippen LogP contribution in [0.15, 0.2) is 10.5 Å². The van der Waals surface area contributed by atoms with Crippen LogP contribution in [-0.4, -0.2) is 84.1 Å². The van der Waals surface area contributed by atoms with Crippen molar-refractivity contribution >= 4 is 15.9 Å². The van der Waals surface area contributed by atoms with Crippen LogP contribution >= 0.6 is 15.9 Å². The van der Waals surface area contributed by atoms with Crippen LogP contribution in [0.1, 0.15) is 0 Å². The maximum absolute atomic E-state index is 6.01. The summed E-state index contributed by atoms with van der Waals surface area (Å²) in [4.78, 5) is 0. The number of rotatable bonds is 17. The summed E-state index contributed by atoms with van der Waals surface area (Å²) in [6.45, 7) is -0.375. The lowest BCUT2D eigenvalue weighted by atomic mass is 9.98. The molecule has 0 unspecified atom stereocenters. The Kier molecular flexibility index (Phi) is 12.7. The second-order valence-electron chi connectivity index (χ2n) is 6.93. The van der Waals surface area contributed by atoms with Crippen molar-refractivity contribution in [2.24, 2.45) is 0 Å². The molecule has 0 fully saturated rings. The average molecular weight is 593 g/mol. The van der Waals surface area contributed by atoms with Gasteiger partial charge in [-0.3, -0.25) is 0 Å². The lowest BCUT2D eigenvalue weighted by molar-refractivity contribution is 0.0439. The van der Waals surface area contributed by atoms with Crippen molar-refractivity contribution in [2.45, 2.75) is 0 Å². The molecule has 0 N–H and O–H groups in total. The van der Waals surface area contributed by atoms with E-state index in [1.165, 1.54) is 56.9 Å². The second-order valence-corrected chi connectivity index (χ2v) is 7.72. The molecule has 0 aromatic heterocycles. The second kappa shape index (κ2) is 15.4. The van der Waals surface area contributed by atoms with E-state index in [2.05, 4.69) is 15.9 Å². The Labute approximate surface area is 224 Å². The molecule has 0 radical (unpaired) electrons. The first-order valence-electron chi connectivity index (χ1n) is 10.7. The molecule has 0 bridgehead atoms. The van der Waals surface area contributed by atoms with Gasteiger partial charge < -0.3 is 56.8 Å². The molecular weight excluding hydrogens is 560 g/mol. The van der Waals surface area contributed by atoms with Crippen LogP contribution in [0, 0.1) is 0 Å². The van der Waals surface area contributed by atoms with E-state index in [0.717, 1.165) is 0 Å². The van der Waals surface area contributed by atoms with E-state index in [1.54, 1.807) is 6.07 Å². The molecule has 12 nitrogen and oxygen atoms in total. The van der Waals surface area contributed by atoms with E-state index in [9.17, 15) is 0 Å². The fourth-order valence-electron chi connectivity index (χ4n) is 3.41. The third-order valence-electron chi connectivity index (χ3n) is 4.81. The summed E-state index contributed by atoms with van der Waals surface area (Å²) in [7, 11) is 11.9. The van der Waals surface area contributed by atoms with E-state index < -0.39 is 0 Å². The number of benzene rings is 2. The highest BCUT2D eigenvalue weighted by Crippen LogP contribution is 2.61. The SMILES string of the molecule is COCOc1cc(OC)c(OCOC)c(-c2c(OC)c(OCOC)c(Br)c(OC)c2OCOC)c1OC. The van der Waals surface area contributed by atoms with Gasteiger partial charge in [-0.2, -0.15) is 0 Å². The van der Waals surface area contributed by atoms with Gasteiger partial charge in [-0.1, -0.05) is 0 Å². The molecule has 0 aliphatic rings. The minimum atomic E-state index is -0.120. The van der Waals surface area contributed by atoms with E-state index in [-0.39, 0.29) is 61.7 Å². The van der Waals surface area contributed by atoms with Gasteiger partial charge in [0.25, 0.3) is 0 Å². The Morgan fingerprint density at radius 1 is 0.459 bits per heavy atom. The monoisotopic (exact) mass is 592 g/mol. The van der Waals surface area contributed by atoms with Crippen LogP contribution in [0.3, 0.4) is 0 Å². The molecule has 0 heterocycles. The zero-order chi connectivity index (χ0) is 27.4. The standard InChI is InChI=1S/C24H33BrO12/c1-26-10-34-15-9-14(30-5)20(35-11-27-2)16(19(15)31-6)17-21(32-7)24(37-13-29-4)18(25)23(33-8)22(17)36-12-28-3/h9H,10-13H2,1-8H3. The predicted molar refractivity (Wildman–Crippen MR) is 136 cm³/mol. The largest absolute Gasteiger partial charge is 0.493 e. The van der Waals surface area contributed by atoms with E-state index in [1.807, 2.05) is 0 Å². The van der Waals surface area contributed by atoms with Crippen LogP contribution in [0.25, 0.3) is 11.1 Å². The number of ether oxygens (including phenoxy) is 12. The van der Waals surface area contributed by atoms with Gasteiger partial charge in [-0.05, 0) is 15.9 Å². The quantitative estimate of drug-likeness (QED) is 0.247. The maximum Gasteiger partial charge on any atom is 0.188 e. The van der Waals surface area contributed by atoms with Crippen molar-refractivity contribution in [1.29, 1.82) is 0 Å². The van der Waals surface area contributed by atoms with Gasteiger partial charge in [0, 0.05) is 34.5 Å². The van der Waals surface area contributed by atoms with Crippen molar-refractivity contribution in [1.82, 2.24) is 0 Å². The highest BCUT2D eigenvalue weighted by Gasteiger charge is 2.35. The highest BCUT2D eigenvalue weighted by molar-refractivity contribution is 9.10. The molecular formula is C24H33BrO12. The third-order valence-corrected chi connectivity index (χ3v) is 5.53. The van der Waals surface area contributed by atoms with Crippen molar-refractivity contribution < 1.29 is 56.8 Å². The van der Waals surface area contributed by atoms with Crippen molar-refractivity contribution in [3.8, 4) is 57.1 Å². The molecule has 2 rings (SSSR count). The molecule has 0 saturated carbocycles. The molecule has 0 saturated heterocycles. The minimum absolute atomic E-state index is 0.0622. The van der Waals surface area contributed by atoms with E-state index >= 15 is 0 Å². The lowest BCUT2D eigenvalue weighted by Gasteiger charge is -2.26. The zero-order valence-electron chi connectivity index (χ0n) is 22.2. The average Bonchev–Trinajstić information content (AvgIpc) is 2.92. The first-order chi connectivity index (χ1) is 18.0. The summed E-state index contributed by atoms with van der Waals surface area (Å²) in [5, 5.41) is 0. The molecule has 37 heavy (non-hydrogen) atoms. The molecule has 2 aromatic rings. The van der Waals surface area contributed by atoms with Gasteiger partial charge in [0.2, 0.25) is 0 Å². The normalized spacial score (nSPS) is 10.6.